The lowest BCUT2D eigenvalue weighted by Gasteiger charge is -1.88. The van der Waals surface area contributed by atoms with Gasteiger partial charge in [0.2, 0.25) is 0 Å². The molecule has 1 radical (unpaired) electrons. The zero-order chi connectivity index (χ0) is 7.56. The van der Waals surface area contributed by atoms with Crippen molar-refractivity contribution in [1.29, 1.82) is 0 Å². The number of hydrogen-bond donors (Lipinski definition) is 0. The topological polar surface area (TPSA) is 43.1 Å². The van der Waals surface area contributed by atoms with Crippen LogP contribution in [-0.4, -0.2) is 4.92 Å². The largest absolute Gasteiger partial charge is 0.271 e. The smallest absolute Gasteiger partial charge is 0.258 e. The fourth-order valence-electron chi connectivity index (χ4n) is 0.537. The summed E-state index contributed by atoms with van der Waals surface area (Å²) in [5.41, 5.74) is 0.0503. The number of hydrogen-bond acceptors (Lipinski definition) is 2. The van der Waals surface area contributed by atoms with E-state index >= 15 is 0 Å². The lowest BCUT2D eigenvalue weighted by molar-refractivity contribution is -0.385. The molecule has 3 nitrogen and oxygen atoms in total. The average Bonchev–Trinajstić information content (AvgIpc) is 1.88. The van der Waals surface area contributed by atoms with E-state index in [1.54, 1.807) is 6.07 Å². The summed E-state index contributed by atoms with van der Waals surface area (Å²) >= 11 is 3.09. The van der Waals surface area contributed by atoms with Crippen LogP contribution in [0.25, 0.3) is 0 Å². The second-order valence-corrected chi connectivity index (χ2v) is 2.58. The fraction of sp³-hybridized carbons (Fsp3) is 0. The van der Waals surface area contributed by atoms with Gasteiger partial charge in [0.15, 0.2) is 0 Å². The molecule has 0 fully saturated rings. The van der Waals surface area contributed by atoms with E-state index in [0.29, 0.717) is 4.47 Å². The Labute approximate surface area is 66.0 Å². The molecule has 0 unspecified atom stereocenters. The normalized spacial score (nSPS) is 9.30. The van der Waals surface area contributed by atoms with Gasteiger partial charge in [-0.15, -0.1) is 0 Å². The van der Waals surface area contributed by atoms with Crippen molar-refractivity contribution in [2.24, 2.45) is 0 Å². The van der Waals surface area contributed by atoms with Crippen molar-refractivity contribution in [2.75, 3.05) is 0 Å². The van der Waals surface area contributed by atoms with Crippen molar-refractivity contribution < 1.29 is 4.92 Å². The summed E-state index contributed by atoms with van der Waals surface area (Å²) < 4.78 is 0.668. The molecule has 0 atom stereocenters. The Morgan fingerprint density at radius 2 is 2.30 bits per heavy atom. The molecule has 1 rings (SSSR count). The van der Waals surface area contributed by atoms with Crippen LogP contribution in [0.1, 0.15) is 0 Å². The molecule has 0 N–H and O–H groups in total. The van der Waals surface area contributed by atoms with Crippen molar-refractivity contribution in [3.8, 4) is 0 Å². The molecule has 0 aliphatic rings. The van der Waals surface area contributed by atoms with Crippen molar-refractivity contribution >= 4 is 21.6 Å². The average molecular weight is 201 g/mol. The van der Waals surface area contributed by atoms with Crippen LogP contribution >= 0.6 is 15.9 Å². The van der Waals surface area contributed by atoms with E-state index in [2.05, 4.69) is 22.0 Å². The molecular formula is C6H3BrNO2. The molecule has 0 aliphatic carbocycles. The zero-order valence-corrected chi connectivity index (χ0v) is 6.46. The summed E-state index contributed by atoms with van der Waals surface area (Å²) in [5.74, 6) is 0. The quantitative estimate of drug-likeness (QED) is 0.516. The van der Waals surface area contributed by atoms with Gasteiger partial charge in [0.1, 0.15) is 0 Å². The number of nitro groups is 1. The van der Waals surface area contributed by atoms with Crippen LogP contribution < -0.4 is 0 Å². The van der Waals surface area contributed by atoms with Crippen molar-refractivity contribution in [3.05, 3.63) is 38.9 Å². The van der Waals surface area contributed by atoms with E-state index < -0.39 is 4.92 Å². The van der Waals surface area contributed by atoms with Crippen LogP contribution in [0.15, 0.2) is 22.7 Å². The summed E-state index contributed by atoms with van der Waals surface area (Å²) in [5, 5.41) is 10.1. The maximum atomic E-state index is 10.1. The van der Waals surface area contributed by atoms with Gasteiger partial charge in [-0.25, -0.2) is 0 Å². The Kier molecular flexibility index (Phi) is 2.01. The Morgan fingerprint density at radius 3 is 2.70 bits per heavy atom. The third kappa shape index (κ3) is 1.54. The van der Waals surface area contributed by atoms with E-state index in [9.17, 15) is 10.1 Å². The Hall–Kier alpha value is -0.900. The molecule has 10 heavy (non-hydrogen) atoms. The summed E-state index contributed by atoms with van der Waals surface area (Å²) in [6.45, 7) is 0. The Morgan fingerprint density at radius 1 is 1.60 bits per heavy atom. The molecule has 0 aromatic heterocycles. The summed E-state index contributed by atoms with van der Waals surface area (Å²) in [7, 11) is 0. The van der Waals surface area contributed by atoms with Gasteiger partial charge in [-0.2, -0.15) is 0 Å². The van der Waals surface area contributed by atoms with E-state index in [-0.39, 0.29) is 5.69 Å². The minimum Gasteiger partial charge on any atom is -0.258 e. The highest BCUT2D eigenvalue weighted by Crippen LogP contribution is 2.16. The van der Waals surface area contributed by atoms with Crippen LogP contribution in [0, 0.1) is 16.2 Å². The first-order valence-corrected chi connectivity index (χ1v) is 3.30. The van der Waals surface area contributed by atoms with Gasteiger partial charge in [0, 0.05) is 16.6 Å². The predicted octanol–water partition coefficient (Wildman–Crippen LogP) is 2.16. The van der Waals surface area contributed by atoms with Crippen LogP contribution in [0.4, 0.5) is 5.69 Å². The highest BCUT2D eigenvalue weighted by molar-refractivity contribution is 9.10. The van der Waals surface area contributed by atoms with Gasteiger partial charge < -0.3 is 0 Å². The lowest BCUT2D eigenvalue weighted by atomic mass is 10.3. The molecule has 0 spiro atoms. The molecule has 1 aromatic rings. The maximum absolute atomic E-state index is 10.1. The third-order valence-corrected chi connectivity index (χ3v) is 1.41. The van der Waals surface area contributed by atoms with Crippen molar-refractivity contribution in [2.45, 2.75) is 0 Å². The molecule has 4 heteroatoms. The predicted molar refractivity (Wildman–Crippen MR) is 39.6 cm³/mol. The zero-order valence-electron chi connectivity index (χ0n) is 4.87. The summed E-state index contributed by atoms with van der Waals surface area (Å²) in [4.78, 5) is 9.66. The van der Waals surface area contributed by atoms with Crippen LogP contribution in [0.2, 0.25) is 0 Å². The number of nitrogens with zero attached hydrogens (tertiary/aromatic N) is 1. The molecule has 1 aromatic carbocycles. The van der Waals surface area contributed by atoms with E-state index in [1.807, 2.05) is 0 Å². The van der Waals surface area contributed by atoms with Gasteiger partial charge in [0.05, 0.1) is 4.92 Å². The molecule has 51 valence electrons. The molecule has 0 heterocycles. The van der Waals surface area contributed by atoms with Crippen molar-refractivity contribution in [1.82, 2.24) is 0 Å². The monoisotopic (exact) mass is 200 g/mol. The van der Waals surface area contributed by atoms with Gasteiger partial charge in [0.25, 0.3) is 5.69 Å². The van der Waals surface area contributed by atoms with Crippen LogP contribution in [0.3, 0.4) is 0 Å². The summed E-state index contributed by atoms with van der Waals surface area (Å²) in [6, 6.07) is 6.99. The maximum Gasteiger partial charge on any atom is 0.271 e. The summed E-state index contributed by atoms with van der Waals surface area (Å²) in [6.07, 6.45) is 0. The number of halogens is 1. The third-order valence-electron chi connectivity index (χ3n) is 0.949. The molecule has 0 saturated carbocycles. The fourth-order valence-corrected chi connectivity index (χ4v) is 0.903. The molecular weight excluding hydrogens is 198 g/mol. The molecule has 0 amide bonds. The Balaban J connectivity index is 3.07. The lowest BCUT2D eigenvalue weighted by Crippen LogP contribution is -1.85. The minimum atomic E-state index is -0.457. The number of benzene rings is 1. The van der Waals surface area contributed by atoms with Crippen molar-refractivity contribution in [3.63, 3.8) is 0 Å². The highest BCUT2D eigenvalue weighted by Gasteiger charge is 2.02. The number of rotatable bonds is 1. The molecule has 0 aliphatic heterocycles. The number of non-ortho nitro benzene ring substituents is 1. The first-order valence-electron chi connectivity index (χ1n) is 2.51. The first kappa shape index (κ1) is 7.21. The van der Waals surface area contributed by atoms with Gasteiger partial charge in [-0.05, 0) is 12.1 Å². The molecule has 0 saturated heterocycles. The van der Waals surface area contributed by atoms with Crippen LogP contribution in [0.5, 0.6) is 0 Å². The van der Waals surface area contributed by atoms with Crippen LogP contribution in [-0.2, 0) is 0 Å². The second-order valence-electron chi connectivity index (χ2n) is 1.67. The standard InChI is InChI=1S/C6H3BrNO2/c7-5-2-1-3-6(4-5)8(9)10/h2-4H. The van der Waals surface area contributed by atoms with Gasteiger partial charge in [-0.1, -0.05) is 15.9 Å². The SMILES string of the molecule is O=[N+]([O-])c1c[c]cc(Br)c1. The first-order chi connectivity index (χ1) is 4.70. The van der Waals surface area contributed by atoms with E-state index in [0.717, 1.165) is 0 Å². The minimum absolute atomic E-state index is 0.0503. The van der Waals surface area contributed by atoms with E-state index in [4.69, 9.17) is 0 Å². The number of nitro benzene ring substituents is 1. The second kappa shape index (κ2) is 2.79. The van der Waals surface area contributed by atoms with E-state index in [1.165, 1.54) is 12.1 Å². The molecule has 0 bridgehead atoms. The van der Waals surface area contributed by atoms with Gasteiger partial charge in [-0.3, -0.25) is 10.1 Å². The Bertz CT molecular complexity index is 262. The van der Waals surface area contributed by atoms with Gasteiger partial charge >= 0.3 is 0 Å². The highest BCUT2D eigenvalue weighted by atomic mass is 79.9.